The molecule has 0 amide bonds. The summed E-state index contributed by atoms with van der Waals surface area (Å²) < 4.78 is 26.6. The zero-order valence-electron chi connectivity index (χ0n) is 10.2. The third-order valence-electron chi connectivity index (χ3n) is 3.40. The van der Waals surface area contributed by atoms with Crippen LogP contribution in [0.15, 0.2) is 18.2 Å². The number of likely N-dealkylation sites (tertiary alicyclic amines) is 1. The van der Waals surface area contributed by atoms with Crippen LogP contribution in [-0.4, -0.2) is 24.0 Å². The van der Waals surface area contributed by atoms with Gasteiger partial charge in [-0.25, -0.2) is 8.78 Å². The van der Waals surface area contributed by atoms with Crippen molar-refractivity contribution in [1.29, 1.82) is 0 Å². The first-order valence-electron chi connectivity index (χ1n) is 6.08. The smallest absolute Gasteiger partial charge is 0.127 e. The zero-order valence-corrected chi connectivity index (χ0v) is 11.1. The lowest BCUT2D eigenvalue weighted by Gasteiger charge is -2.35. The zero-order chi connectivity index (χ0) is 12.3. The molecule has 1 atom stereocenters. The summed E-state index contributed by atoms with van der Waals surface area (Å²) >= 11 is 0. The Balaban J connectivity index is 0.00000162. The minimum atomic E-state index is -0.386. The maximum absolute atomic E-state index is 13.5. The van der Waals surface area contributed by atoms with Crippen LogP contribution in [0.1, 0.15) is 24.8 Å². The molecule has 2 rings (SSSR count). The molecule has 1 heterocycles. The van der Waals surface area contributed by atoms with Crippen LogP contribution in [0.3, 0.4) is 0 Å². The van der Waals surface area contributed by atoms with E-state index in [1.54, 1.807) is 0 Å². The second-order valence-electron chi connectivity index (χ2n) is 4.59. The van der Waals surface area contributed by atoms with Gasteiger partial charge in [0.1, 0.15) is 11.6 Å². The van der Waals surface area contributed by atoms with Gasteiger partial charge in [-0.2, -0.15) is 0 Å². The average Bonchev–Trinajstić information content (AvgIpc) is 2.34. The maximum Gasteiger partial charge on any atom is 0.127 e. The van der Waals surface area contributed by atoms with Crippen molar-refractivity contribution in [2.24, 2.45) is 5.73 Å². The van der Waals surface area contributed by atoms with Crippen molar-refractivity contribution in [3.63, 3.8) is 0 Å². The molecule has 18 heavy (non-hydrogen) atoms. The molecule has 0 radical (unpaired) electrons. The third-order valence-corrected chi connectivity index (χ3v) is 3.40. The van der Waals surface area contributed by atoms with E-state index in [1.165, 1.54) is 18.6 Å². The first-order chi connectivity index (χ1) is 8.20. The standard InChI is InChI=1S/C13H18F2N2.ClH/c14-11-4-5-13(15)10(7-11)9-17-6-2-1-3-12(17)8-16;/h4-5,7,12H,1-3,6,8-9,16H2;1H. The lowest BCUT2D eigenvalue weighted by molar-refractivity contribution is 0.143. The number of benzene rings is 1. The molecule has 1 aromatic rings. The van der Waals surface area contributed by atoms with Crippen LogP contribution in [0.25, 0.3) is 0 Å². The van der Waals surface area contributed by atoms with E-state index in [4.69, 9.17) is 5.73 Å². The normalized spacial score (nSPS) is 20.5. The summed E-state index contributed by atoms with van der Waals surface area (Å²) in [5, 5.41) is 0. The van der Waals surface area contributed by atoms with Gasteiger partial charge in [-0.15, -0.1) is 12.4 Å². The highest BCUT2D eigenvalue weighted by molar-refractivity contribution is 5.85. The Bertz CT molecular complexity index is 387. The predicted molar refractivity (Wildman–Crippen MR) is 70.7 cm³/mol. The summed E-state index contributed by atoms with van der Waals surface area (Å²) in [4.78, 5) is 2.15. The summed E-state index contributed by atoms with van der Waals surface area (Å²) in [5.41, 5.74) is 6.13. The van der Waals surface area contributed by atoms with E-state index in [0.29, 0.717) is 24.7 Å². The van der Waals surface area contributed by atoms with E-state index in [1.807, 2.05) is 0 Å². The molecule has 0 spiro atoms. The van der Waals surface area contributed by atoms with Crippen molar-refractivity contribution in [3.05, 3.63) is 35.4 Å². The van der Waals surface area contributed by atoms with Crippen LogP contribution in [0.5, 0.6) is 0 Å². The van der Waals surface area contributed by atoms with E-state index in [9.17, 15) is 8.78 Å². The Labute approximate surface area is 113 Å². The van der Waals surface area contributed by atoms with Crippen molar-refractivity contribution >= 4 is 12.4 Å². The Morgan fingerprint density at radius 1 is 1.28 bits per heavy atom. The molecule has 2 nitrogen and oxygen atoms in total. The van der Waals surface area contributed by atoms with Crippen molar-refractivity contribution in [2.75, 3.05) is 13.1 Å². The number of rotatable bonds is 3. The fourth-order valence-electron chi connectivity index (χ4n) is 2.42. The first-order valence-corrected chi connectivity index (χ1v) is 6.08. The molecular formula is C13H19ClF2N2. The molecule has 1 saturated heterocycles. The molecular weight excluding hydrogens is 258 g/mol. The fraction of sp³-hybridized carbons (Fsp3) is 0.538. The molecule has 102 valence electrons. The van der Waals surface area contributed by atoms with E-state index in [-0.39, 0.29) is 24.0 Å². The fourth-order valence-corrected chi connectivity index (χ4v) is 2.42. The largest absolute Gasteiger partial charge is 0.329 e. The Morgan fingerprint density at radius 3 is 2.78 bits per heavy atom. The second kappa shape index (κ2) is 7.02. The summed E-state index contributed by atoms with van der Waals surface area (Å²) in [6.45, 7) is 1.94. The predicted octanol–water partition coefficient (Wildman–Crippen LogP) is 2.70. The topological polar surface area (TPSA) is 29.3 Å². The molecule has 0 bridgehead atoms. The molecule has 1 aliphatic heterocycles. The SMILES string of the molecule is Cl.NCC1CCCCN1Cc1cc(F)ccc1F. The monoisotopic (exact) mass is 276 g/mol. The second-order valence-corrected chi connectivity index (χ2v) is 4.59. The summed E-state index contributed by atoms with van der Waals surface area (Å²) in [6.07, 6.45) is 3.32. The van der Waals surface area contributed by atoms with Gasteiger partial charge in [-0.3, -0.25) is 4.90 Å². The van der Waals surface area contributed by atoms with E-state index >= 15 is 0 Å². The molecule has 1 aliphatic rings. The lowest BCUT2D eigenvalue weighted by atomic mass is 10.0. The van der Waals surface area contributed by atoms with Gasteiger partial charge in [0.15, 0.2) is 0 Å². The number of nitrogens with two attached hydrogens (primary N) is 1. The Kier molecular flexibility index (Phi) is 5.99. The number of nitrogens with zero attached hydrogens (tertiary/aromatic N) is 1. The summed E-state index contributed by atoms with van der Waals surface area (Å²) in [6, 6.07) is 3.91. The summed E-state index contributed by atoms with van der Waals surface area (Å²) in [5.74, 6) is -0.726. The van der Waals surface area contributed by atoms with Crippen LogP contribution in [-0.2, 0) is 6.54 Å². The van der Waals surface area contributed by atoms with Gasteiger partial charge in [0.05, 0.1) is 0 Å². The van der Waals surface area contributed by atoms with Crippen molar-refractivity contribution < 1.29 is 8.78 Å². The highest BCUT2D eigenvalue weighted by atomic mass is 35.5. The minimum absolute atomic E-state index is 0. The van der Waals surface area contributed by atoms with E-state index < -0.39 is 0 Å². The number of hydrogen-bond donors (Lipinski definition) is 1. The van der Waals surface area contributed by atoms with Crippen molar-refractivity contribution in [3.8, 4) is 0 Å². The number of halogens is 3. The van der Waals surface area contributed by atoms with Gasteiger partial charge in [-0.05, 0) is 37.6 Å². The van der Waals surface area contributed by atoms with Crippen LogP contribution in [0.4, 0.5) is 8.78 Å². The Morgan fingerprint density at radius 2 is 2.06 bits per heavy atom. The Hall–Kier alpha value is -0.710. The molecule has 1 fully saturated rings. The number of hydrogen-bond acceptors (Lipinski definition) is 2. The average molecular weight is 277 g/mol. The molecule has 0 aliphatic carbocycles. The van der Waals surface area contributed by atoms with Crippen LogP contribution in [0, 0.1) is 11.6 Å². The molecule has 2 N–H and O–H groups in total. The molecule has 0 saturated carbocycles. The van der Waals surface area contributed by atoms with E-state index in [0.717, 1.165) is 25.5 Å². The van der Waals surface area contributed by atoms with Gasteiger partial charge in [0.25, 0.3) is 0 Å². The summed E-state index contributed by atoms with van der Waals surface area (Å²) in [7, 11) is 0. The molecule has 1 unspecified atom stereocenters. The highest BCUT2D eigenvalue weighted by Gasteiger charge is 2.22. The van der Waals surface area contributed by atoms with Crippen molar-refractivity contribution in [2.45, 2.75) is 31.8 Å². The van der Waals surface area contributed by atoms with Gasteiger partial charge in [0, 0.05) is 24.7 Å². The minimum Gasteiger partial charge on any atom is -0.329 e. The van der Waals surface area contributed by atoms with Crippen LogP contribution in [0.2, 0.25) is 0 Å². The lowest BCUT2D eigenvalue weighted by Crippen LogP contribution is -2.43. The van der Waals surface area contributed by atoms with Crippen LogP contribution < -0.4 is 5.73 Å². The molecule has 1 aromatic carbocycles. The quantitative estimate of drug-likeness (QED) is 0.920. The molecule has 0 aromatic heterocycles. The van der Waals surface area contributed by atoms with E-state index in [2.05, 4.69) is 4.90 Å². The highest BCUT2D eigenvalue weighted by Crippen LogP contribution is 2.20. The van der Waals surface area contributed by atoms with Gasteiger partial charge in [-0.1, -0.05) is 6.42 Å². The van der Waals surface area contributed by atoms with Crippen molar-refractivity contribution in [1.82, 2.24) is 4.90 Å². The van der Waals surface area contributed by atoms with Gasteiger partial charge in [0.2, 0.25) is 0 Å². The number of piperidine rings is 1. The molecule has 5 heteroatoms. The van der Waals surface area contributed by atoms with Crippen LogP contribution >= 0.6 is 12.4 Å². The third kappa shape index (κ3) is 3.64. The van der Waals surface area contributed by atoms with Gasteiger partial charge >= 0.3 is 0 Å². The first kappa shape index (κ1) is 15.3. The maximum atomic E-state index is 13.5. The van der Waals surface area contributed by atoms with Gasteiger partial charge < -0.3 is 5.73 Å².